The molecule has 7 heteroatoms. The van der Waals surface area contributed by atoms with Gasteiger partial charge in [-0.3, -0.25) is 14.4 Å². The van der Waals surface area contributed by atoms with Crippen LogP contribution < -0.4 is 14.8 Å². The number of amides is 2. The number of benzene rings is 2. The minimum Gasteiger partial charge on any atom is -0.497 e. The third-order valence-corrected chi connectivity index (χ3v) is 5.76. The molecule has 1 fully saturated rings. The summed E-state index contributed by atoms with van der Waals surface area (Å²) in [4.78, 5) is 39.2. The number of ether oxygens (including phenoxy) is 2. The quantitative estimate of drug-likeness (QED) is 0.625. The van der Waals surface area contributed by atoms with E-state index < -0.39 is 0 Å². The average molecular weight is 439 g/mol. The van der Waals surface area contributed by atoms with E-state index in [2.05, 4.69) is 5.32 Å². The lowest BCUT2D eigenvalue weighted by Crippen LogP contribution is -2.40. The van der Waals surface area contributed by atoms with Crippen LogP contribution in [0.1, 0.15) is 53.3 Å². The number of piperidine rings is 1. The van der Waals surface area contributed by atoms with Crippen molar-refractivity contribution in [3.05, 3.63) is 53.6 Å². The predicted molar refractivity (Wildman–Crippen MR) is 122 cm³/mol. The fourth-order valence-corrected chi connectivity index (χ4v) is 4.07. The molecule has 1 aliphatic heterocycles. The molecule has 2 aromatic carbocycles. The number of likely N-dealkylation sites (tertiary alicyclic amines) is 1. The highest BCUT2D eigenvalue weighted by atomic mass is 16.5. The molecule has 1 saturated heterocycles. The number of hydrogen-bond acceptors (Lipinski definition) is 5. The molecular weight excluding hydrogens is 408 g/mol. The number of rotatable bonds is 8. The molecule has 0 aliphatic carbocycles. The van der Waals surface area contributed by atoms with Gasteiger partial charge in [0.25, 0.3) is 5.91 Å². The zero-order chi connectivity index (χ0) is 23.1. The first-order valence-corrected chi connectivity index (χ1v) is 10.8. The Labute approximate surface area is 188 Å². The predicted octanol–water partition coefficient (Wildman–Crippen LogP) is 4.18. The second-order valence-electron chi connectivity index (χ2n) is 8.05. The number of anilines is 1. The van der Waals surface area contributed by atoms with Gasteiger partial charge in [0.2, 0.25) is 5.91 Å². The van der Waals surface area contributed by atoms with Gasteiger partial charge in [-0.15, -0.1) is 0 Å². The molecule has 1 unspecified atom stereocenters. The van der Waals surface area contributed by atoms with E-state index in [9.17, 15) is 14.4 Å². The van der Waals surface area contributed by atoms with E-state index in [0.29, 0.717) is 54.2 Å². The largest absolute Gasteiger partial charge is 0.497 e. The van der Waals surface area contributed by atoms with Gasteiger partial charge in [-0.05, 0) is 38.2 Å². The van der Waals surface area contributed by atoms with Gasteiger partial charge in [0.1, 0.15) is 11.5 Å². The van der Waals surface area contributed by atoms with Crippen molar-refractivity contribution in [2.45, 2.75) is 32.6 Å². The van der Waals surface area contributed by atoms with E-state index in [1.54, 1.807) is 61.6 Å². The SMILES string of the molecule is COc1cc(NC(=O)CCC2CCCN(C(=O)c3ccccc3C(C)=O)C2)cc(OC)c1. The van der Waals surface area contributed by atoms with E-state index in [4.69, 9.17) is 9.47 Å². The van der Waals surface area contributed by atoms with Gasteiger partial charge < -0.3 is 19.7 Å². The molecule has 3 rings (SSSR count). The van der Waals surface area contributed by atoms with Crippen molar-refractivity contribution in [3.8, 4) is 11.5 Å². The van der Waals surface area contributed by atoms with Crippen LogP contribution in [0.4, 0.5) is 5.69 Å². The molecule has 0 spiro atoms. The lowest BCUT2D eigenvalue weighted by Gasteiger charge is -2.33. The molecule has 2 aromatic rings. The molecule has 170 valence electrons. The van der Waals surface area contributed by atoms with Crippen LogP contribution in [0.25, 0.3) is 0 Å². The van der Waals surface area contributed by atoms with Crippen LogP contribution in [0.3, 0.4) is 0 Å². The van der Waals surface area contributed by atoms with Crippen LogP contribution in [-0.4, -0.2) is 49.8 Å². The summed E-state index contributed by atoms with van der Waals surface area (Å²) < 4.78 is 10.5. The van der Waals surface area contributed by atoms with Crippen LogP contribution in [0, 0.1) is 5.92 Å². The molecule has 0 radical (unpaired) electrons. The number of methoxy groups -OCH3 is 2. The molecular formula is C25H30N2O5. The highest BCUT2D eigenvalue weighted by molar-refractivity contribution is 6.07. The Kier molecular flexibility index (Phi) is 7.87. The van der Waals surface area contributed by atoms with Crippen molar-refractivity contribution in [1.82, 2.24) is 4.90 Å². The molecule has 32 heavy (non-hydrogen) atoms. The molecule has 1 N–H and O–H groups in total. The summed E-state index contributed by atoms with van der Waals surface area (Å²) in [5.74, 6) is 1.12. The maximum atomic E-state index is 13.0. The third-order valence-electron chi connectivity index (χ3n) is 5.76. The van der Waals surface area contributed by atoms with E-state index in [0.717, 1.165) is 12.8 Å². The maximum absolute atomic E-state index is 13.0. The minimum absolute atomic E-state index is 0.0920. The summed E-state index contributed by atoms with van der Waals surface area (Å²) in [5, 5.41) is 2.89. The number of hydrogen-bond donors (Lipinski definition) is 1. The second-order valence-corrected chi connectivity index (χ2v) is 8.05. The summed E-state index contributed by atoms with van der Waals surface area (Å²) in [6.07, 6.45) is 2.90. The number of nitrogens with zero attached hydrogens (tertiary/aromatic N) is 1. The normalized spacial score (nSPS) is 15.7. The zero-order valence-corrected chi connectivity index (χ0v) is 18.8. The Morgan fingerprint density at radius 3 is 2.31 bits per heavy atom. The fourth-order valence-electron chi connectivity index (χ4n) is 4.07. The Balaban J connectivity index is 1.57. The highest BCUT2D eigenvalue weighted by Crippen LogP contribution is 2.27. The molecule has 0 aromatic heterocycles. The number of ketones is 1. The summed E-state index contributed by atoms with van der Waals surface area (Å²) >= 11 is 0. The standard InChI is InChI=1S/C25H30N2O5/c1-17(28)22-8-4-5-9-23(22)25(30)27-12-6-7-18(16-27)10-11-24(29)26-19-13-20(31-2)15-21(14-19)32-3/h4-5,8-9,13-15,18H,6-7,10-12,16H2,1-3H3,(H,26,29). The Hall–Kier alpha value is -3.35. The van der Waals surface area contributed by atoms with Gasteiger partial charge in [0.05, 0.1) is 19.8 Å². The highest BCUT2D eigenvalue weighted by Gasteiger charge is 2.26. The van der Waals surface area contributed by atoms with E-state index >= 15 is 0 Å². The summed E-state index contributed by atoms with van der Waals surface area (Å²) in [6, 6.07) is 12.2. The number of Topliss-reactive ketones (excluding diaryl/α,β-unsaturated/α-hetero) is 1. The van der Waals surface area contributed by atoms with Crippen molar-refractivity contribution >= 4 is 23.3 Å². The summed E-state index contributed by atoms with van der Waals surface area (Å²) in [5.41, 5.74) is 1.52. The van der Waals surface area contributed by atoms with E-state index in [1.165, 1.54) is 6.92 Å². The van der Waals surface area contributed by atoms with Crippen molar-refractivity contribution in [2.24, 2.45) is 5.92 Å². The van der Waals surface area contributed by atoms with Gasteiger partial charge >= 0.3 is 0 Å². The number of nitrogens with one attached hydrogen (secondary N) is 1. The smallest absolute Gasteiger partial charge is 0.254 e. The second kappa shape index (κ2) is 10.8. The van der Waals surface area contributed by atoms with Crippen LogP contribution >= 0.6 is 0 Å². The first-order chi connectivity index (χ1) is 15.4. The fraction of sp³-hybridized carbons (Fsp3) is 0.400. The first kappa shape index (κ1) is 23.3. The van der Waals surface area contributed by atoms with Crippen molar-refractivity contribution in [3.63, 3.8) is 0 Å². The lowest BCUT2D eigenvalue weighted by atomic mass is 9.92. The van der Waals surface area contributed by atoms with Crippen LogP contribution in [-0.2, 0) is 4.79 Å². The average Bonchev–Trinajstić information content (AvgIpc) is 2.82. The van der Waals surface area contributed by atoms with Gasteiger partial charge in [0.15, 0.2) is 5.78 Å². The number of carbonyl (C=O) groups is 3. The number of carbonyl (C=O) groups excluding carboxylic acids is 3. The van der Waals surface area contributed by atoms with Crippen molar-refractivity contribution in [1.29, 1.82) is 0 Å². The van der Waals surface area contributed by atoms with Gasteiger partial charge in [-0.1, -0.05) is 18.2 Å². The van der Waals surface area contributed by atoms with Crippen molar-refractivity contribution in [2.75, 3.05) is 32.6 Å². The topological polar surface area (TPSA) is 84.9 Å². The lowest BCUT2D eigenvalue weighted by molar-refractivity contribution is -0.116. The maximum Gasteiger partial charge on any atom is 0.254 e. The molecule has 2 amide bonds. The molecule has 1 heterocycles. The van der Waals surface area contributed by atoms with Crippen LogP contribution in [0.5, 0.6) is 11.5 Å². The summed E-state index contributed by atoms with van der Waals surface area (Å²) in [7, 11) is 3.12. The Morgan fingerprint density at radius 1 is 1.03 bits per heavy atom. The Morgan fingerprint density at radius 2 is 1.69 bits per heavy atom. The molecule has 1 atom stereocenters. The van der Waals surface area contributed by atoms with Crippen LogP contribution in [0.2, 0.25) is 0 Å². The van der Waals surface area contributed by atoms with Gasteiger partial charge in [0, 0.05) is 49.0 Å². The third kappa shape index (κ3) is 5.87. The minimum atomic E-state index is -0.117. The molecule has 0 bridgehead atoms. The molecule has 1 aliphatic rings. The van der Waals surface area contributed by atoms with E-state index in [1.807, 2.05) is 0 Å². The molecule has 0 saturated carbocycles. The zero-order valence-electron chi connectivity index (χ0n) is 18.8. The monoisotopic (exact) mass is 438 g/mol. The van der Waals surface area contributed by atoms with Gasteiger partial charge in [-0.25, -0.2) is 0 Å². The van der Waals surface area contributed by atoms with Crippen LogP contribution in [0.15, 0.2) is 42.5 Å². The van der Waals surface area contributed by atoms with Crippen molar-refractivity contribution < 1.29 is 23.9 Å². The Bertz CT molecular complexity index is 966. The van der Waals surface area contributed by atoms with Gasteiger partial charge in [-0.2, -0.15) is 0 Å². The van der Waals surface area contributed by atoms with E-state index in [-0.39, 0.29) is 23.5 Å². The summed E-state index contributed by atoms with van der Waals surface area (Å²) in [6.45, 7) is 2.73. The molecule has 7 nitrogen and oxygen atoms in total. The first-order valence-electron chi connectivity index (χ1n) is 10.8.